The molecule has 0 aliphatic rings. The number of hydrogen-bond acceptors (Lipinski definition) is 4. The van der Waals surface area contributed by atoms with Crippen LogP contribution in [0, 0.1) is 0 Å². The van der Waals surface area contributed by atoms with Crippen molar-refractivity contribution in [1.29, 1.82) is 0 Å². The van der Waals surface area contributed by atoms with Gasteiger partial charge in [0.25, 0.3) is 0 Å². The first-order valence-electron chi connectivity index (χ1n) is 4.60. The summed E-state index contributed by atoms with van der Waals surface area (Å²) >= 11 is -0.188. The molecule has 2 atom stereocenters. The van der Waals surface area contributed by atoms with Crippen LogP contribution in [0.4, 0.5) is 0 Å². The molecule has 0 amide bonds. The summed E-state index contributed by atoms with van der Waals surface area (Å²) in [7, 11) is 0. The normalized spacial score (nSPS) is 14.8. The van der Waals surface area contributed by atoms with Crippen molar-refractivity contribution in [1.82, 2.24) is 5.32 Å². The molecule has 0 spiro atoms. The molecule has 0 aromatic carbocycles. The maximum atomic E-state index is 10.8. The summed E-state index contributed by atoms with van der Waals surface area (Å²) in [4.78, 5) is 10.8. The quantitative estimate of drug-likeness (QED) is 0.408. The Morgan fingerprint density at radius 3 is 2.73 bits per heavy atom. The topological polar surface area (TPSA) is 86.6 Å². The zero-order valence-electron chi connectivity index (χ0n) is 8.64. The minimum absolute atomic E-state index is 0.182. The molecule has 0 aromatic rings. The Balaban J connectivity index is 3.66. The Morgan fingerprint density at radius 2 is 2.27 bits per heavy atom. The lowest BCUT2D eigenvalue weighted by Gasteiger charge is -2.13. The van der Waals surface area contributed by atoms with Crippen LogP contribution < -0.4 is 5.32 Å². The van der Waals surface area contributed by atoms with Crippen LogP contribution in [0.15, 0.2) is 0 Å². The van der Waals surface area contributed by atoms with Crippen LogP contribution in [0.1, 0.15) is 12.8 Å². The van der Waals surface area contributed by atoms with Crippen molar-refractivity contribution in [2.24, 2.45) is 0 Å². The summed E-state index contributed by atoms with van der Waals surface area (Å²) in [6, 6.07) is -0.551. The molecule has 0 radical (unpaired) electrons. The fraction of sp³-hybridized carbons (Fsp3) is 0.875. The lowest BCUT2D eigenvalue weighted by Crippen LogP contribution is -2.38. The van der Waals surface area contributed by atoms with Crippen LogP contribution >= 0.6 is 11.8 Å². The van der Waals surface area contributed by atoms with Crippen molar-refractivity contribution in [3.05, 3.63) is 0 Å². The van der Waals surface area contributed by atoms with Crippen LogP contribution in [0.25, 0.3) is 0 Å². The number of carbonyl (C=O) groups is 1. The maximum Gasteiger partial charge on any atom is 0.320 e. The van der Waals surface area contributed by atoms with Gasteiger partial charge in [-0.3, -0.25) is 4.79 Å². The van der Waals surface area contributed by atoms with Crippen molar-refractivity contribution in [2.75, 3.05) is 24.3 Å². The molecule has 0 bridgehead atoms. The molecule has 0 saturated carbocycles. The third-order valence-electron chi connectivity index (χ3n) is 1.80. The summed E-state index contributed by atoms with van der Waals surface area (Å²) < 4.78 is 18.8. The molecule has 0 aliphatic carbocycles. The smallest absolute Gasteiger partial charge is 0.320 e. The predicted octanol–water partition coefficient (Wildman–Crippen LogP) is 0.394. The molecule has 5 nitrogen and oxygen atoms in total. The van der Waals surface area contributed by atoms with Crippen molar-refractivity contribution < 1.29 is 18.7 Å². The predicted molar refractivity (Wildman–Crippen MR) is 62.7 cm³/mol. The highest BCUT2D eigenvalue weighted by Crippen LogP contribution is 2.01. The Bertz CT molecular complexity index is 213. The average Bonchev–Trinajstić information content (AvgIpc) is 2.15. The average molecular weight is 255 g/mol. The van der Waals surface area contributed by atoms with Gasteiger partial charge in [-0.25, -0.2) is 4.21 Å². The second kappa shape index (κ2) is 9.14. The Kier molecular flexibility index (Phi) is 9.07. The van der Waals surface area contributed by atoms with Crippen LogP contribution in [0.2, 0.25) is 0 Å². The molecule has 0 fully saturated rings. The summed E-state index contributed by atoms with van der Waals surface area (Å²) in [5.41, 5.74) is 0. The zero-order valence-corrected chi connectivity index (χ0v) is 10.3. The SMILES string of the molecule is CSCCC(NCCCS(=O)O)C(=O)O. The lowest BCUT2D eigenvalue weighted by atomic mass is 10.2. The van der Waals surface area contributed by atoms with Crippen LogP contribution in [0.5, 0.6) is 0 Å². The van der Waals surface area contributed by atoms with Gasteiger partial charge in [0.1, 0.15) is 6.04 Å². The first-order chi connectivity index (χ1) is 7.07. The summed E-state index contributed by atoms with van der Waals surface area (Å²) in [5, 5.41) is 11.7. The van der Waals surface area contributed by atoms with Gasteiger partial charge in [0, 0.05) is 0 Å². The van der Waals surface area contributed by atoms with Gasteiger partial charge in [-0.2, -0.15) is 11.8 Å². The molecule has 0 saturated heterocycles. The summed E-state index contributed by atoms with van der Waals surface area (Å²) in [5.74, 6) is 0.103. The Morgan fingerprint density at radius 1 is 1.60 bits per heavy atom. The van der Waals surface area contributed by atoms with Crippen molar-refractivity contribution >= 4 is 28.8 Å². The fourth-order valence-corrected chi connectivity index (χ4v) is 1.88. The number of nitrogens with one attached hydrogen (secondary N) is 1. The van der Waals surface area contributed by atoms with Crippen molar-refractivity contribution in [2.45, 2.75) is 18.9 Å². The molecule has 15 heavy (non-hydrogen) atoms. The molecule has 0 heterocycles. The molecule has 0 aliphatic heterocycles. The third kappa shape index (κ3) is 8.86. The van der Waals surface area contributed by atoms with E-state index in [0.29, 0.717) is 19.4 Å². The number of hydrogen-bond donors (Lipinski definition) is 3. The van der Waals surface area contributed by atoms with Gasteiger partial charge in [-0.1, -0.05) is 0 Å². The van der Waals surface area contributed by atoms with Crippen LogP contribution in [-0.2, 0) is 15.9 Å². The van der Waals surface area contributed by atoms with E-state index in [1.165, 1.54) is 0 Å². The van der Waals surface area contributed by atoms with E-state index in [9.17, 15) is 9.00 Å². The van der Waals surface area contributed by atoms with Gasteiger partial charge in [0.05, 0.1) is 5.75 Å². The van der Waals surface area contributed by atoms with Crippen molar-refractivity contribution in [3.63, 3.8) is 0 Å². The lowest BCUT2D eigenvalue weighted by molar-refractivity contribution is -0.139. The van der Waals surface area contributed by atoms with Gasteiger partial charge in [-0.05, 0) is 31.4 Å². The zero-order chi connectivity index (χ0) is 11.7. The van der Waals surface area contributed by atoms with Crippen LogP contribution in [0.3, 0.4) is 0 Å². The molecule has 7 heteroatoms. The molecule has 2 unspecified atom stereocenters. The molecular weight excluding hydrogens is 238 g/mol. The molecular formula is C8H17NO4S2. The first kappa shape index (κ1) is 14.9. The summed E-state index contributed by atoms with van der Waals surface area (Å²) in [6.07, 6.45) is 3.00. The summed E-state index contributed by atoms with van der Waals surface area (Å²) in [6.45, 7) is 0.456. The van der Waals surface area contributed by atoms with E-state index >= 15 is 0 Å². The van der Waals surface area contributed by atoms with E-state index in [2.05, 4.69) is 5.32 Å². The van der Waals surface area contributed by atoms with Gasteiger partial charge in [0.15, 0.2) is 11.1 Å². The number of thioether (sulfide) groups is 1. The molecule has 90 valence electrons. The van der Waals surface area contributed by atoms with E-state index in [0.717, 1.165) is 5.75 Å². The van der Waals surface area contributed by atoms with Gasteiger partial charge >= 0.3 is 5.97 Å². The standard InChI is InChI=1S/C8H17NO4S2/c1-14-5-3-7(8(10)11)9-4-2-6-15(12)13/h7,9H,2-6H2,1H3,(H,10,11)(H,12,13). The first-order valence-corrected chi connectivity index (χ1v) is 7.27. The van der Waals surface area contributed by atoms with E-state index in [-0.39, 0.29) is 5.75 Å². The van der Waals surface area contributed by atoms with E-state index in [1.807, 2.05) is 6.26 Å². The van der Waals surface area contributed by atoms with Gasteiger partial charge in [0.2, 0.25) is 0 Å². The number of rotatable bonds is 9. The maximum absolute atomic E-state index is 10.8. The highest BCUT2D eigenvalue weighted by molar-refractivity contribution is 7.98. The third-order valence-corrected chi connectivity index (χ3v) is 3.08. The molecule has 0 aromatic heterocycles. The van der Waals surface area contributed by atoms with E-state index < -0.39 is 23.1 Å². The molecule has 3 N–H and O–H groups in total. The number of aliphatic carboxylic acids is 1. The second-order valence-corrected chi connectivity index (χ2v) is 5.04. The van der Waals surface area contributed by atoms with E-state index in [1.54, 1.807) is 11.8 Å². The largest absolute Gasteiger partial charge is 0.480 e. The Labute approximate surface area is 96.3 Å². The van der Waals surface area contributed by atoms with Gasteiger partial charge < -0.3 is 15.0 Å². The molecule has 0 rings (SSSR count). The van der Waals surface area contributed by atoms with Crippen molar-refractivity contribution in [3.8, 4) is 0 Å². The van der Waals surface area contributed by atoms with Gasteiger partial charge in [-0.15, -0.1) is 0 Å². The monoisotopic (exact) mass is 255 g/mol. The fourth-order valence-electron chi connectivity index (χ4n) is 1.02. The minimum atomic E-state index is -1.79. The minimum Gasteiger partial charge on any atom is -0.480 e. The Hall–Kier alpha value is -0.110. The van der Waals surface area contributed by atoms with Crippen LogP contribution in [-0.4, -0.2) is 50.2 Å². The number of carboxylic acid groups (broad SMARTS) is 1. The highest BCUT2D eigenvalue weighted by Gasteiger charge is 2.15. The number of carboxylic acids is 1. The second-order valence-electron chi connectivity index (χ2n) is 3.01. The van der Waals surface area contributed by atoms with E-state index in [4.69, 9.17) is 9.66 Å². The highest BCUT2D eigenvalue weighted by atomic mass is 32.2.